The zero-order valence-electron chi connectivity index (χ0n) is 16.6. The number of hydrogen-bond donors (Lipinski definition) is 7. The van der Waals surface area contributed by atoms with E-state index in [0.29, 0.717) is 0 Å². The lowest BCUT2D eigenvalue weighted by atomic mass is 9.98. The predicted octanol–water partition coefficient (Wildman–Crippen LogP) is -2.54. The molecule has 3 amide bonds. The van der Waals surface area contributed by atoms with Gasteiger partial charge in [0.05, 0.1) is 6.61 Å². The van der Waals surface area contributed by atoms with Gasteiger partial charge in [0.2, 0.25) is 11.8 Å². The topological polar surface area (TPSA) is 201 Å². The van der Waals surface area contributed by atoms with E-state index in [1.165, 1.54) is 0 Å². The molecule has 2 rings (SSSR count). The summed E-state index contributed by atoms with van der Waals surface area (Å²) in [5.74, 6) is -1.56. The quantitative estimate of drug-likeness (QED) is 0.216. The summed E-state index contributed by atoms with van der Waals surface area (Å²) < 4.78 is 10.3. The minimum atomic E-state index is -1.71. The summed E-state index contributed by atoms with van der Waals surface area (Å²) in [6.07, 6.45) is -9.03. The molecule has 1 aromatic rings. The molecule has 12 heteroatoms. The molecule has 12 nitrogen and oxygen atoms in total. The number of nitrogens with one attached hydrogen (secondary N) is 2. The van der Waals surface area contributed by atoms with E-state index in [4.69, 9.17) is 15.2 Å². The molecule has 0 bridgehead atoms. The maximum atomic E-state index is 12.6. The van der Waals surface area contributed by atoms with Crippen molar-refractivity contribution < 1.29 is 44.3 Å². The Balaban J connectivity index is 1.99. The van der Waals surface area contributed by atoms with Gasteiger partial charge in [0.15, 0.2) is 6.23 Å². The third-order valence-corrected chi connectivity index (χ3v) is 4.68. The van der Waals surface area contributed by atoms with Crippen LogP contribution in [0.15, 0.2) is 30.3 Å². The van der Waals surface area contributed by atoms with Gasteiger partial charge in [-0.15, -0.1) is 0 Å². The zero-order chi connectivity index (χ0) is 23.0. The first-order valence-electron chi connectivity index (χ1n) is 9.59. The molecule has 0 unspecified atom stereocenters. The lowest BCUT2D eigenvalue weighted by Crippen LogP contribution is -2.64. The molecule has 1 fully saturated rings. The van der Waals surface area contributed by atoms with Gasteiger partial charge in [0.25, 0.3) is 0 Å². The van der Waals surface area contributed by atoms with E-state index >= 15 is 0 Å². The molecule has 0 saturated carbocycles. The molecule has 1 aliphatic heterocycles. The highest BCUT2D eigenvalue weighted by molar-refractivity contribution is 5.86. The molecule has 1 heterocycles. The maximum Gasteiger partial charge on any atom is 0.408 e. The largest absolute Gasteiger partial charge is 0.445 e. The van der Waals surface area contributed by atoms with Gasteiger partial charge in [-0.05, 0) is 12.0 Å². The number of nitrogens with two attached hydrogens (primary N) is 1. The number of hydrogen-bond acceptors (Lipinski definition) is 9. The van der Waals surface area contributed by atoms with Crippen molar-refractivity contribution in [2.75, 3.05) is 6.61 Å². The number of carbonyl (C=O) groups excluding carboxylic acids is 3. The third-order valence-electron chi connectivity index (χ3n) is 4.68. The second-order valence-corrected chi connectivity index (χ2v) is 7.02. The Bertz CT molecular complexity index is 746. The van der Waals surface area contributed by atoms with Gasteiger partial charge in [-0.3, -0.25) is 9.59 Å². The van der Waals surface area contributed by atoms with Crippen molar-refractivity contribution >= 4 is 17.9 Å². The van der Waals surface area contributed by atoms with Crippen LogP contribution in [0.4, 0.5) is 4.79 Å². The minimum absolute atomic E-state index is 0.0520. The Morgan fingerprint density at radius 3 is 2.39 bits per heavy atom. The highest BCUT2D eigenvalue weighted by Gasteiger charge is 2.44. The molecular formula is C19H27N3O9. The maximum absolute atomic E-state index is 12.6. The summed E-state index contributed by atoms with van der Waals surface area (Å²) in [4.78, 5) is 35.9. The van der Waals surface area contributed by atoms with Crippen molar-refractivity contribution in [2.45, 2.75) is 56.1 Å². The Kier molecular flexibility index (Phi) is 9.15. The molecule has 6 atom stereocenters. The van der Waals surface area contributed by atoms with Gasteiger partial charge in [0, 0.05) is 6.42 Å². The van der Waals surface area contributed by atoms with Crippen LogP contribution >= 0.6 is 0 Å². The molecule has 0 aromatic heterocycles. The molecule has 8 N–H and O–H groups in total. The van der Waals surface area contributed by atoms with Crippen LogP contribution in [0.25, 0.3) is 0 Å². The number of aliphatic hydroxyl groups excluding tert-OH is 4. The number of benzene rings is 1. The molecule has 1 aromatic carbocycles. The van der Waals surface area contributed by atoms with Crippen molar-refractivity contribution in [3.63, 3.8) is 0 Å². The van der Waals surface area contributed by atoms with Gasteiger partial charge in [-0.1, -0.05) is 30.3 Å². The summed E-state index contributed by atoms with van der Waals surface area (Å²) in [6.45, 7) is -0.726. The molecule has 172 valence electrons. The molecule has 31 heavy (non-hydrogen) atoms. The van der Waals surface area contributed by atoms with E-state index < -0.39 is 61.2 Å². The second kappa shape index (κ2) is 11.6. The summed E-state index contributed by atoms with van der Waals surface area (Å²) in [6, 6.07) is 7.53. The molecule has 0 radical (unpaired) electrons. The highest BCUT2D eigenvalue weighted by atomic mass is 16.6. The third kappa shape index (κ3) is 7.15. The minimum Gasteiger partial charge on any atom is -0.445 e. The van der Waals surface area contributed by atoms with Crippen LogP contribution in [0, 0.1) is 0 Å². The van der Waals surface area contributed by atoms with E-state index in [1.54, 1.807) is 30.3 Å². The average Bonchev–Trinajstić information content (AvgIpc) is 2.76. The van der Waals surface area contributed by atoms with Gasteiger partial charge in [-0.25, -0.2) is 4.79 Å². The van der Waals surface area contributed by atoms with E-state index in [1.807, 2.05) is 0 Å². The van der Waals surface area contributed by atoms with Crippen molar-refractivity contribution in [1.82, 2.24) is 10.6 Å². The standard InChI is InChI=1S/C19H27N3O9/c20-13(24)7-6-11(21-19(29)30-9-10-4-2-1-3-5-10)17(28)22-18-16(27)15(26)14(25)12(8-23)31-18/h1-5,11-12,14-16,18,23,25-27H,6-9H2,(H2,20,24)(H,21,29)(H,22,28)/t11-,12+,14+,15-,16+,18+/m0/s1. The fraction of sp³-hybridized carbons (Fsp3) is 0.526. The number of rotatable bonds is 9. The monoisotopic (exact) mass is 441 g/mol. The summed E-state index contributed by atoms with van der Waals surface area (Å²) in [5, 5.41) is 43.5. The van der Waals surface area contributed by atoms with Gasteiger partial charge < -0.3 is 46.3 Å². The first-order chi connectivity index (χ1) is 14.7. The normalized spacial score (nSPS) is 26.5. The summed E-state index contributed by atoms with van der Waals surface area (Å²) in [7, 11) is 0. The SMILES string of the molecule is NC(=O)CC[C@H](NC(=O)OCc1ccccc1)C(=O)N[C@@H]1O[C@H](CO)[C@@H](O)[C@H](O)[C@H]1O. The lowest BCUT2D eigenvalue weighted by Gasteiger charge is -2.40. The van der Waals surface area contributed by atoms with Crippen molar-refractivity contribution in [2.24, 2.45) is 5.73 Å². The number of carbonyl (C=O) groups is 3. The Morgan fingerprint density at radius 2 is 1.77 bits per heavy atom. The fourth-order valence-electron chi connectivity index (χ4n) is 2.92. The molecule has 1 saturated heterocycles. The number of amides is 3. The Hall–Kier alpha value is -2.77. The fourth-order valence-corrected chi connectivity index (χ4v) is 2.92. The molecular weight excluding hydrogens is 414 g/mol. The van der Waals surface area contributed by atoms with Gasteiger partial charge in [0.1, 0.15) is 37.1 Å². The number of primary amides is 1. The van der Waals surface area contributed by atoms with E-state index in [0.717, 1.165) is 5.56 Å². The van der Waals surface area contributed by atoms with Crippen molar-refractivity contribution in [1.29, 1.82) is 0 Å². The van der Waals surface area contributed by atoms with Crippen LogP contribution in [-0.4, -0.2) is 81.6 Å². The van der Waals surface area contributed by atoms with Gasteiger partial charge >= 0.3 is 6.09 Å². The highest BCUT2D eigenvalue weighted by Crippen LogP contribution is 2.20. The van der Waals surface area contributed by atoms with E-state index in [9.17, 15) is 34.8 Å². The number of ether oxygens (including phenoxy) is 2. The molecule has 0 aliphatic carbocycles. The van der Waals surface area contributed by atoms with Gasteiger partial charge in [-0.2, -0.15) is 0 Å². The van der Waals surface area contributed by atoms with Crippen LogP contribution < -0.4 is 16.4 Å². The smallest absolute Gasteiger partial charge is 0.408 e. The lowest BCUT2D eigenvalue weighted by molar-refractivity contribution is -0.236. The average molecular weight is 441 g/mol. The summed E-state index contributed by atoms with van der Waals surface area (Å²) >= 11 is 0. The van der Waals surface area contributed by atoms with Crippen LogP contribution in [-0.2, 0) is 25.7 Å². The second-order valence-electron chi connectivity index (χ2n) is 7.02. The van der Waals surface area contributed by atoms with E-state index in [-0.39, 0.29) is 19.4 Å². The molecule has 1 aliphatic rings. The molecule has 0 spiro atoms. The summed E-state index contributed by atoms with van der Waals surface area (Å²) in [5.41, 5.74) is 5.83. The van der Waals surface area contributed by atoms with E-state index in [2.05, 4.69) is 10.6 Å². The zero-order valence-corrected chi connectivity index (χ0v) is 16.6. The first kappa shape index (κ1) is 24.5. The Labute approximate surface area is 177 Å². The van der Waals surface area contributed by atoms with Crippen LogP contribution in [0.1, 0.15) is 18.4 Å². The van der Waals surface area contributed by atoms with Crippen molar-refractivity contribution in [3.05, 3.63) is 35.9 Å². The van der Waals surface area contributed by atoms with Crippen LogP contribution in [0.2, 0.25) is 0 Å². The number of alkyl carbamates (subject to hydrolysis) is 1. The van der Waals surface area contributed by atoms with Crippen LogP contribution in [0.3, 0.4) is 0 Å². The predicted molar refractivity (Wildman–Crippen MR) is 104 cm³/mol. The number of aliphatic hydroxyl groups is 4. The Morgan fingerprint density at radius 1 is 1.10 bits per heavy atom. The van der Waals surface area contributed by atoms with Crippen molar-refractivity contribution in [3.8, 4) is 0 Å². The first-order valence-corrected chi connectivity index (χ1v) is 9.59. The van der Waals surface area contributed by atoms with Crippen LogP contribution in [0.5, 0.6) is 0 Å².